The summed E-state index contributed by atoms with van der Waals surface area (Å²) in [6.45, 7) is 11.8. The van der Waals surface area contributed by atoms with Gasteiger partial charge in [-0.1, -0.05) is 39.8 Å². The lowest BCUT2D eigenvalue weighted by molar-refractivity contribution is 0.304. The van der Waals surface area contributed by atoms with Crippen molar-refractivity contribution >= 4 is 0 Å². The average Bonchev–Trinajstić information content (AvgIpc) is 2.37. The van der Waals surface area contributed by atoms with Crippen LogP contribution in [0, 0.1) is 0 Å². The molecule has 108 valence electrons. The summed E-state index contributed by atoms with van der Waals surface area (Å²) in [6, 6.07) is 8.47. The summed E-state index contributed by atoms with van der Waals surface area (Å²) < 4.78 is 5.83. The predicted molar refractivity (Wildman–Crippen MR) is 83.0 cm³/mol. The number of hydrogen-bond acceptors (Lipinski definition) is 2. The highest BCUT2D eigenvalue weighted by Gasteiger charge is 2.13. The van der Waals surface area contributed by atoms with Gasteiger partial charge in [-0.2, -0.15) is 0 Å². The third-order valence-corrected chi connectivity index (χ3v) is 3.22. The zero-order valence-corrected chi connectivity index (χ0v) is 13.0. The lowest BCUT2D eigenvalue weighted by Gasteiger charge is -2.19. The van der Waals surface area contributed by atoms with Gasteiger partial charge in [0, 0.05) is 0 Å². The molecule has 0 amide bonds. The van der Waals surface area contributed by atoms with Crippen molar-refractivity contribution in [2.24, 2.45) is 0 Å². The SMILES string of the molecule is CCNCCCCCOc1cccc(C(C)(C)C)c1. The highest BCUT2D eigenvalue weighted by Crippen LogP contribution is 2.25. The molecule has 1 aromatic carbocycles. The number of rotatable bonds is 8. The zero-order valence-electron chi connectivity index (χ0n) is 13.0. The fraction of sp³-hybridized carbons (Fsp3) is 0.647. The van der Waals surface area contributed by atoms with E-state index in [0.29, 0.717) is 0 Å². The first-order chi connectivity index (χ1) is 9.04. The van der Waals surface area contributed by atoms with Crippen LogP contribution < -0.4 is 10.1 Å². The highest BCUT2D eigenvalue weighted by molar-refractivity contribution is 5.32. The van der Waals surface area contributed by atoms with Crippen molar-refractivity contribution in [1.29, 1.82) is 0 Å². The van der Waals surface area contributed by atoms with Crippen molar-refractivity contribution in [2.45, 2.75) is 52.4 Å². The smallest absolute Gasteiger partial charge is 0.119 e. The Morgan fingerprint density at radius 2 is 1.89 bits per heavy atom. The largest absolute Gasteiger partial charge is 0.494 e. The number of unbranched alkanes of at least 4 members (excludes halogenated alkanes) is 2. The third-order valence-electron chi connectivity index (χ3n) is 3.22. The van der Waals surface area contributed by atoms with Crippen LogP contribution in [-0.4, -0.2) is 19.7 Å². The minimum absolute atomic E-state index is 0.186. The number of hydrogen-bond donors (Lipinski definition) is 1. The monoisotopic (exact) mass is 263 g/mol. The summed E-state index contributed by atoms with van der Waals surface area (Å²) in [6.07, 6.45) is 3.59. The minimum atomic E-state index is 0.186. The van der Waals surface area contributed by atoms with Crippen molar-refractivity contribution < 1.29 is 4.74 Å². The molecule has 0 radical (unpaired) electrons. The summed E-state index contributed by atoms with van der Waals surface area (Å²) in [5.41, 5.74) is 1.52. The molecule has 1 rings (SSSR count). The van der Waals surface area contributed by atoms with E-state index in [1.54, 1.807) is 0 Å². The Balaban J connectivity index is 2.26. The molecule has 0 aromatic heterocycles. The summed E-state index contributed by atoms with van der Waals surface area (Å²) in [7, 11) is 0. The Morgan fingerprint density at radius 3 is 2.58 bits per heavy atom. The quantitative estimate of drug-likeness (QED) is 0.712. The molecule has 0 saturated carbocycles. The molecule has 19 heavy (non-hydrogen) atoms. The van der Waals surface area contributed by atoms with E-state index in [1.165, 1.54) is 18.4 Å². The first-order valence-electron chi connectivity index (χ1n) is 7.48. The molecule has 0 bridgehead atoms. The second-order valence-electron chi connectivity index (χ2n) is 6.04. The Hall–Kier alpha value is -1.02. The second-order valence-corrected chi connectivity index (χ2v) is 6.04. The fourth-order valence-electron chi connectivity index (χ4n) is 1.95. The summed E-state index contributed by atoms with van der Waals surface area (Å²) in [4.78, 5) is 0. The lowest BCUT2D eigenvalue weighted by Crippen LogP contribution is -2.14. The van der Waals surface area contributed by atoms with Gasteiger partial charge in [0.2, 0.25) is 0 Å². The number of ether oxygens (including phenoxy) is 1. The highest BCUT2D eigenvalue weighted by atomic mass is 16.5. The van der Waals surface area contributed by atoms with Gasteiger partial charge in [-0.15, -0.1) is 0 Å². The van der Waals surface area contributed by atoms with Gasteiger partial charge >= 0.3 is 0 Å². The van der Waals surface area contributed by atoms with Gasteiger partial charge < -0.3 is 10.1 Å². The molecular formula is C17H29NO. The van der Waals surface area contributed by atoms with Gasteiger partial charge in [0.05, 0.1) is 6.61 Å². The third kappa shape index (κ3) is 6.63. The van der Waals surface area contributed by atoms with Gasteiger partial charge in [0.15, 0.2) is 0 Å². The van der Waals surface area contributed by atoms with Crippen LogP contribution in [0.4, 0.5) is 0 Å². The van der Waals surface area contributed by atoms with Crippen molar-refractivity contribution in [2.75, 3.05) is 19.7 Å². The minimum Gasteiger partial charge on any atom is -0.494 e. The molecule has 0 aliphatic heterocycles. The van der Waals surface area contributed by atoms with Crippen LogP contribution in [0.1, 0.15) is 52.5 Å². The maximum absolute atomic E-state index is 5.83. The molecule has 0 heterocycles. The van der Waals surface area contributed by atoms with Gasteiger partial charge in [-0.25, -0.2) is 0 Å². The Labute approximate surface area is 118 Å². The van der Waals surface area contributed by atoms with Crippen molar-refractivity contribution in [3.63, 3.8) is 0 Å². The van der Waals surface area contributed by atoms with Crippen LogP contribution in [0.5, 0.6) is 5.75 Å². The summed E-state index contributed by atoms with van der Waals surface area (Å²) in [5, 5.41) is 3.34. The molecule has 0 saturated heterocycles. The van der Waals surface area contributed by atoms with E-state index >= 15 is 0 Å². The topological polar surface area (TPSA) is 21.3 Å². The van der Waals surface area contributed by atoms with Crippen LogP contribution in [0.3, 0.4) is 0 Å². The van der Waals surface area contributed by atoms with E-state index in [-0.39, 0.29) is 5.41 Å². The van der Waals surface area contributed by atoms with E-state index in [9.17, 15) is 0 Å². The molecule has 1 aromatic rings. The molecule has 0 spiro atoms. The molecule has 0 aliphatic rings. The zero-order chi connectivity index (χ0) is 14.1. The van der Waals surface area contributed by atoms with Crippen LogP contribution in [0.15, 0.2) is 24.3 Å². The van der Waals surface area contributed by atoms with Crippen LogP contribution in [0.2, 0.25) is 0 Å². The van der Waals surface area contributed by atoms with Crippen molar-refractivity contribution in [3.05, 3.63) is 29.8 Å². The van der Waals surface area contributed by atoms with Gasteiger partial charge in [-0.3, -0.25) is 0 Å². The molecule has 0 aliphatic carbocycles. The fourth-order valence-corrected chi connectivity index (χ4v) is 1.95. The van der Waals surface area contributed by atoms with E-state index in [2.05, 4.69) is 51.2 Å². The first kappa shape index (κ1) is 16.0. The van der Waals surface area contributed by atoms with Crippen LogP contribution in [0.25, 0.3) is 0 Å². The Morgan fingerprint density at radius 1 is 1.11 bits per heavy atom. The molecular weight excluding hydrogens is 234 g/mol. The first-order valence-corrected chi connectivity index (χ1v) is 7.48. The normalized spacial score (nSPS) is 11.6. The lowest BCUT2D eigenvalue weighted by atomic mass is 9.87. The molecule has 0 atom stereocenters. The van der Waals surface area contributed by atoms with Crippen LogP contribution in [-0.2, 0) is 5.41 Å². The van der Waals surface area contributed by atoms with E-state index in [0.717, 1.165) is 31.9 Å². The van der Waals surface area contributed by atoms with Crippen molar-refractivity contribution in [3.8, 4) is 5.75 Å². The van der Waals surface area contributed by atoms with E-state index < -0.39 is 0 Å². The van der Waals surface area contributed by atoms with Gasteiger partial charge in [0.1, 0.15) is 5.75 Å². The number of benzene rings is 1. The standard InChI is InChI=1S/C17H29NO/c1-5-18-12-7-6-8-13-19-16-11-9-10-15(14-16)17(2,3)4/h9-11,14,18H,5-8,12-13H2,1-4H3. The van der Waals surface area contributed by atoms with Crippen molar-refractivity contribution in [1.82, 2.24) is 5.32 Å². The summed E-state index contributed by atoms with van der Waals surface area (Å²) in [5.74, 6) is 0.999. The maximum Gasteiger partial charge on any atom is 0.119 e. The number of nitrogens with one attached hydrogen (secondary N) is 1. The van der Waals surface area contributed by atoms with Crippen LogP contribution >= 0.6 is 0 Å². The summed E-state index contributed by atoms with van der Waals surface area (Å²) >= 11 is 0. The molecule has 0 unspecified atom stereocenters. The van der Waals surface area contributed by atoms with E-state index in [1.807, 2.05) is 6.07 Å². The Kier molecular flexibility index (Phi) is 6.93. The van der Waals surface area contributed by atoms with Gasteiger partial charge in [-0.05, 0) is 55.5 Å². The molecule has 2 nitrogen and oxygen atoms in total. The predicted octanol–water partition coefficient (Wildman–Crippen LogP) is 4.14. The Bertz CT molecular complexity index is 355. The second kappa shape index (κ2) is 8.21. The molecule has 0 fully saturated rings. The average molecular weight is 263 g/mol. The van der Waals surface area contributed by atoms with E-state index in [4.69, 9.17) is 4.74 Å². The molecule has 2 heteroatoms. The molecule has 1 N–H and O–H groups in total. The maximum atomic E-state index is 5.83. The van der Waals surface area contributed by atoms with Gasteiger partial charge in [0.25, 0.3) is 0 Å².